The summed E-state index contributed by atoms with van der Waals surface area (Å²) < 4.78 is 53.5. The van der Waals surface area contributed by atoms with Gasteiger partial charge in [0, 0.05) is 5.56 Å². The van der Waals surface area contributed by atoms with Crippen LogP contribution in [0.2, 0.25) is 0 Å². The molecule has 0 saturated carbocycles. The zero-order valence-electron chi connectivity index (χ0n) is 12.9. The van der Waals surface area contributed by atoms with Crippen molar-refractivity contribution in [1.29, 1.82) is 0 Å². The molecule has 0 heterocycles. The largest absolute Gasteiger partial charge is 0.421 e. The van der Waals surface area contributed by atoms with Crippen molar-refractivity contribution >= 4 is 0 Å². The van der Waals surface area contributed by atoms with E-state index in [1.54, 1.807) is 26.0 Å². The van der Waals surface area contributed by atoms with Gasteiger partial charge in [0.1, 0.15) is 5.82 Å². The second-order valence-electron chi connectivity index (χ2n) is 5.67. The molecular weight excluding hydrogens is 308 g/mol. The zero-order valence-corrected chi connectivity index (χ0v) is 12.9. The fourth-order valence-electron chi connectivity index (χ4n) is 2.59. The fraction of sp³-hybridized carbons (Fsp3) is 0.333. The summed E-state index contributed by atoms with van der Waals surface area (Å²) in [5.41, 5.74) is -1.58. The number of alkyl halides is 3. The van der Waals surface area contributed by atoms with Crippen molar-refractivity contribution < 1.29 is 22.7 Å². The molecule has 1 N–H and O–H groups in total. The van der Waals surface area contributed by atoms with Gasteiger partial charge in [0.2, 0.25) is 0 Å². The highest BCUT2D eigenvalue weighted by atomic mass is 19.4. The minimum absolute atomic E-state index is 0.185. The van der Waals surface area contributed by atoms with Crippen LogP contribution in [0.5, 0.6) is 0 Å². The molecule has 2 aromatic rings. The van der Waals surface area contributed by atoms with Crippen molar-refractivity contribution in [3.05, 3.63) is 59.4 Å². The summed E-state index contributed by atoms with van der Waals surface area (Å²) in [4.78, 5) is 0. The topological polar surface area (TPSA) is 20.2 Å². The number of halogens is 4. The molecule has 2 rings (SSSR count). The number of rotatable bonds is 4. The van der Waals surface area contributed by atoms with Gasteiger partial charge >= 0.3 is 6.18 Å². The van der Waals surface area contributed by atoms with Gasteiger partial charge in [0.05, 0.1) is 0 Å². The Kier molecular flexibility index (Phi) is 4.80. The molecule has 0 fully saturated rings. The first-order valence-corrected chi connectivity index (χ1v) is 7.35. The summed E-state index contributed by atoms with van der Waals surface area (Å²) in [7, 11) is 0. The number of hydrogen-bond donors (Lipinski definition) is 1. The van der Waals surface area contributed by atoms with Gasteiger partial charge in [0.25, 0.3) is 0 Å². The van der Waals surface area contributed by atoms with Crippen LogP contribution in [0, 0.1) is 12.7 Å². The van der Waals surface area contributed by atoms with E-state index in [-0.39, 0.29) is 12.0 Å². The molecule has 2 aromatic carbocycles. The smallest absolute Gasteiger partial charge is 0.376 e. The molecule has 0 saturated heterocycles. The van der Waals surface area contributed by atoms with E-state index in [2.05, 4.69) is 0 Å². The number of hydrogen-bond acceptors (Lipinski definition) is 1. The van der Waals surface area contributed by atoms with E-state index < -0.39 is 24.0 Å². The highest BCUT2D eigenvalue weighted by molar-refractivity contribution is 5.65. The van der Waals surface area contributed by atoms with E-state index in [9.17, 15) is 22.7 Å². The Morgan fingerprint density at radius 2 is 1.61 bits per heavy atom. The van der Waals surface area contributed by atoms with Crippen molar-refractivity contribution in [3.8, 4) is 11.1 Å². The molecule has 23 heavy (non-hydrogen) atoms. The Labute approximate surface area is 132 Å². The lowest BCUT2D eigenvalue weighted by Gasteiger charge is -2.30. The Balaban J connectivity index is 2.42. The van der Waals surface area contributed by atoms with E-state index in [0.717, 1.165) is 5.56 Å². The van der Waals surface area contributed by atoms with E-state index in [4.69, 9.17) is 0 Å². The maximum atomic E-state index is 14.0. The maximum Gasteiger partial charge on any atom is 0.421 e. The van der Waals surface area contributed by atoms with Gasteiger partial charge in [-0.15, -0.1) is 0 Å². The normalized spacial score (nSPS) is 14.6. The van der Waals surface area contributed by atoms with Crippen molar-refractivity contribution in [3.63, 3.8) is 0 Å². The predicted octanol–water partition coefficient (Wildman–Crippen LogP) is 5.35. The van der Waals surface area contributed by atoms with E-state index in [1.807, 2.05) is 0 Å². The first-order chi connectivity index (χ1) is 10.7. The average Bonchev–Trinajstić information content (AvgIpc) is 2.46. The third-order valence-corrected chi connectivity index (χ3v) is 3.88. The first kappa shape index (κ1) is 17.5. The second kappa shape index (κ2) is 6.32. The van der Waals surface area contributed by atoms with Crippen LogP contribution in [0.1, 0.15) is 30.9 Å². The van der Waals surface area contributed by atoms with Crippen LogP contribution >= 0.6 is 0 Å². The summed E-state index contributed by atoms with van der Waals surface area (Å²) in [5, 5.41) is 10.1. The van der Waals surface area contributed by atoms with Crippen molar-refractivity contribution in [2.24, 2.45) is 0 Å². The van der Waals surface area contributed by atoms with Gasteiger partial charge in [-0.3, -0.25) is 0 Å². The van der Waals surface area contributed by atoms with Crippen LogP contribution in [-0.4, -0.2) is 11.3 Å². The lowest BCUT2D eigenvalue weighted by atomic mass is 9.87. The van der Waals surface area contributed by atoms with E-state index in [1.165, 1.54) is 30.3 Å². The molecule has 0 aliphatic heterocycles. The Morgan fingerprint density at radius 3 is 2.09 bits per heavy atom. The Bertz CT molecular complexity index is 676. The minimum Gasteiger partial charge on any atom is -0.376 e. The Morgan fingerprint density at radius 1 is 1.00 bits per heavy atom. The van der Waals surface area contributed by atoms with Crippen LogP contribution in [0.3, 0.4) is 0 Å². The van der Waals surface area contributed by atoms with Crippen LogP contribution in [0.4, 0.5) is 17.6 Å². The van der Waals surface area contributed by atoms with Gasteiger partial charge in [-0.2, -0.15) is 13.2 Å². The quantitative estimate of drug-likeness (QED) is 0.751. The van der Waals surface area contributed by atoms with E-state index in [0.29, 0.717) is 11.1 Å². The first-order valence-electron chi connectivity index (χ1n) is 7.35. The molecule has 0 aliphatic carbocycles. The molecule has 0 spiro atoms. The molecule has 0 aromatic heterocycles. The molecule has 0 radical (unpaired) electrons. The second-order valence-corrected chi connectivity index (χ2v) is 5.67. The molecule has 0 amide bonds. The lowest BCUT2D eigenvalue weighted by Crippen LogP contribution is -2.42. The molecule has 0 aliphatic rings. The van der Waals surface area contributed by atoms with Crippen molar-refractivity contribution in [1.82, 2.24) is 0 Å². The van der Waals surface area contributed by atoms with Gasteiger partial charge in [-0.25, -0.2) is 4.39 Å². The summed E-state index contributed by atoms with van der Waals surface area (Å²) in [6, 6.07) is 9.89. The van der Waals surface area contributed by atoms with Gasteiger partial charge in [-0.05, 0) is 36.1 Å². The van der Waals surface area contributed by atoms with Gasteiger partial charge in [-0.1, -0.05) is 49.7 Å². The van der Waals surface area contributed by atoms with Crippen LogP contribution in [-0.2, 0) is 5.60 Å². The van der Waals surface area contributed by atoms with Crippen LogP contribution in [0.25, 0.3) is 11.1 Å². The van der Waals surface area contributed by atoms with Crippen molar-refractivity contribution in [2.45, 2.75) is 38.5 Å². The average molecular weight is 326 g/mol. The monoisotopic (exact) mass is 326 g/mol. The number of aryl methyl sites for hydroxylation is 1. The highest BCUT2D eigenvalue weighted by Crippen LogP contribution is 2.42. The third kappa shape index (κ3) is 3.39. The standard InChI is InChI=1S/C18H18F4O/c1-3-10-17(23,18(20,21)22)14-7-5-13(6-8-14)15-9-4-12(2)11-16(15)19/h4-9,11,23H,3,10H2,1-2H3. The minimum atomic E-state index is -4.76. The number of aliphatic hydroxyl groups is 1. The Hall–Kier alpha value is -1.88. The molecule has 1 unspecified atom stereocenters. The highest BCUT2D eigenvalue weighted by Gasteiger charge is 2.54. The zero-order chi connectivity index (χ0) is 17.3. The fourth-order valence-corrected chi connectivity index (χ4v) is 2.59. The van der Waals surface area contributed by atoms with Gasteiger partial charge < -0.3 is 5.11 Å². The van der Waals surface area contributed by atoms with E-state index >= 15 is 0 Å². The summed E-state index contributed by atoms with van der Waals surface area (Å²) >= 11 is 0. The molecule has 0 bridgehead atoms. The summed E-state index contributed by atoms with van der Waals surface area (Å²) in [6.45, 7) is 3.33. The van der Waals surface area contributed by atoms with Crippen LogP contribution in [0.15, 0.2) is 42.5 Å². The number of benzene rings is 2. The van der Waals surface area contributed by atoms with Gasteiger partial charge in [0.15, 0.2) is 5.60 Å². The van der Waals surface area contributed by atoms with Crippen molar-refractivity contribution in [2.75, 3.05) is 0 Å². The predicted molar refractivity (Wildman–Crippen MR) is 81.4 cm³/mol. The molecular formula is C18H18F4O. The van der Waals surface area contributed by atoms with Crippen LogP contribution < -0.4 is 0 Å². The third-order valence-electron chi connectivity index (χ3n) is 3.88. The molecule has 5 heteroatoms. The molecule has 1 nitrogen and oxygen atoms in total. The SMILES string of the molecule is CCCC(O)(c1ccc(-c2ccc(C)cc2F)cc1)C(F)(F)F. The lowest BCUT2D eigenvalue weighted by molar-refractivity contribution is -0.269. The maximum absolute atomic E-state index is 14.0. The molecule has 1 atom stereocenters. The summed E-state index contributed by atoms with van der Waals surface area (Å²) in [6.07, 6.45) is -5.00. The summed E-state index contributed by atoms with van der Waals surface area (Å²) in [5.74, 6) is -0.433. The molecule has 124 valence electrons.